The van der Waals surface area contributed by atoms with Crippen molar-refractivity contribution in [2.75, 3.05) is 31.1 Å². The smallest absolute Gasteiger partial charge is 0.270 e. The van der Waals surface area contributed by atoms with Crippen LogP contribution in [0.5, 0.6) is 0 Å². The van der Waals surface area contributed by atoms with Gasteiger partial charge in [-0.05, 0) is 19.8 Å². The Bertz CT molecular complexity index is 634. The fourth-order valence-electron chi connectivity index (χ4n) is 3.59. The molecule has 1 N–H and O–H groups in total. The Morgan fingerprint density at radius 3 is 2.40 bits per heavy atom. The number of aryl methyl sites for hydroxylation is 1. The fraction of sp³-hybridized carbons (Fsp3) is 0.667. The Morgan fingerprint density at radius 2 is 1.76 bits per heavy atom. The lowest BCUT2D eigenvalue weighted by molar-refractivity contribution is -0.129. The molecule has 7 nitrogen and oxygen atoms in total. The summed E-state index contributed by atoms with van der Waals surface area (Å²) in [6.07, 6.45) is 5.72. The number of anilines is 1. The van der Waals surface area contributed by atoms with Crippen molar-refractivity contribution in [1.82, 2.24) is 20.2 Å². The lowest BCUT2D eigenvalue weighted by atomic mass is 9.95. The first-order valence-corrected chi connectivity index (χ1v) is 9.20. The number of carbonyl (C=O) groups is 2. The van der Waals surface area contributed by atoms with Gasteiger partial charge in [0, 0.05) is 45.2 Å². The van der Waals surface area contributed by atoms with Gasteiger partial charge in [-0.2, -0.15) is 0 Å². The normalized spacial score (nSPS) is 19.0. The van der Waals surface area contributed by atoms with Gasteiger partial charge in [-0.3, -0.25) is 9.59 Å². The standard InChI is InChI=1S/C18H27N5O2/c1-13-19-16(18(25)21-15-6-4-3-5-7-15)12-17(20-13)23-10-8-22(9-11-23)14(2)24/h12,15H,3-11H2,1-2H3,(H,21,25). The van der Waals surface area contributed by atoms with Gasteiger partial charge in [0.05, 0.1) is 0 Å². The number of piperazine rings is 1. The van der Waals surface area contributed by atoms with Crippen molar-refractivity contribution in [3.8, 4) is 0 Å². The second kappa shape index (κ2) is 7.80. The van der Waals surface area contributed by atoms with Crippen molar-refractivity contribution < 1.29 is 9.59 Å². The molecule has 2 amide bonds. The van der Waals surface area contributed by atoms with Gasteiger partial charge in [-0.1, -0.05) is 19.3 Å². The number of aromatic nitrogens is 2. The van der Waals surface area contributed by atoms with Crippen molar-refractivity contribution in [3.05, 3.63) is 17.6 Å². The van der Waals surface area contributed by atoms with E-state index >= 15 is 0 Å². The summed E-state index contributed by atoms with van der Waals surface area (Å²) in [7, 11) is 0. The maximum atomic E-state index is 12.6. The summed E-state index contributed by atoms with van der Waals surface area (Å²) in [5.41, 5.74) is 0.432. The average Bonchev–Trinajstić information content (AvgIpc) is 2.62. The van der Waals surface area contributed by atoms with E-state index in [1.54, 1.807) is 13.0 Å². The maximum absolute atomic E-state index is 12.6. The highest BCUT2D eigenvalue weighted by Gasteiger charge is 2.22. The summed E-state index contributed by atoms with van der Waals surface area (Å²) in [6.45, 7) is 6.22. The second-order valence-corrected chi connectivity index (χ2v) is 6.96. The van der Waals surface area contributed by atoms with E-state index in [4.69, 9.17) is 0 Å². The molecule has 2 aliphatic rings. The number of carbonyl (C=O) groups excluding carboxylic acids is 2. The van der Waals surface area contributed by atoms with Crippen LogP contribution in [0, 0.1) is 6.92 Å². The summed E-state index contributed by atoms with van der Waals surface area (Å²) < 4.78 is 0. The van der Waals surface area contributed by atoms with E-state index < -0.39 is 0 Å². The molecule has 0 bridgehead atoms. The molecule has 1 aromatic rings. The van der Waals surface area contributed by atoms with Crippen LogP contribution in [-0.4, -0.2) is 58.9 Å². The number of nitrogens with zero attached hydrogens (tertiary/aromatic N) is 4. The van der Waals surface area contributed by atoms with Gasteiger partial charge >= 0.3 is 0 Å². The molecule has 25 heavy (non-hydrogen) atoms. The first-order valence-electron chi connectivity index (χ1n) is 9.20. The van der Waals surface area contributed by atoms with Crippen molar-refractivity contribution in [3.63, 3.8) is 0 Å². The zero-order valence-electron chi connectivity index (χ0n) is 15.1. The first kappa shape index (κ1) is 17.6. The molecule has 1 aliphatic heterocycles. The SMILES string of the molecule is CC(=O)N1CCN(c2cc(C(=O)NC3CCCCC3)nc(C)n2)CC1. The molecule has 0 aromatic carbocycles. The zero-order valence-corrected chi connectivity index (χ0v) is 15.1. The highest BCUT2D eigenvalue weighted by molar-refractivity contribution is 5.93. The first-order chi connectivity index (χ1) is 12.0. The van der Waals surface area contributed by atoms with Crippen LogP contribution in [0.1, 0.15) is 55.3 Å². The number of nitrogens with one attached hydrogen (secondary N) is 1. The Hall–Kier alpha value is -2.18. The van der Waals surface area contributed by atoms with Gasteiger partial charge in [-0.25, -0.2) is 9.97 Å². The summed E-state index contributed by atoms with van der Waals surface area (Å²) in [4.78, 5) is 36.8. The molecule has 1 aliphatic carbocycles. The van der Waals surface area contributed by atoms with Gasteiger partial charge in [0.1, 0.15) is 17.3 Å². The van der Waals surface area contributed by atoms with Crippen LogP contribution < -0.4 is 10.2 Å². The predicted molar refractivity (Wildman–Crippen MR) is 95.6 cm³/mol. The third-order valence-corrected chi connectivity index (χ3v) is 5.05. The van der Waals surface area contributed by atoms with Crippen molar-refractivity contribution in [2.45, 2.75) is 52.0 Å². The summed E-state index contributed by atoms with van der Waals surface area (Å²) in [6, 6.07) is 2.04. The molecule has 0 spiro atoms. The Kier molecular flexibility index (Phi) is 5.50. The monoisotopic (exact) mass is 345 g/mol. The highest BCUT2D eigenvalue weighted by Crippen LogP contribution is 2.19. The van der Waals surface area contributed by atoms with Crippen molar-refractivity contribution in [1.29, 1.82) is 0 Å². The summed E-state index contributed by atoms with van der Waals surface area (Å²) >= 11 is 0. The van der Waals surface area contributed by atoms with Gasteiger partial charge < -0.3 is 15.1 Å². The van der Waals surface area contributed by atoms with E-state index in [0.29, 0.717) is 24.6 Å². The minimum absolute atomic E-state index is 0.103. The van der Waals surface area contributed by atoms with E-state index in [9.17, 15) is 9.59 Å². The molecule has 0 unspecified atom stereocenters. The van der Waals surface area contributed by atoms with Crippen molar-refractivity contribution in [2.24, 2.45) is 0 Å². The van der Waals surface area contributed by atoms with Crippen LogP contribution in [0.15, 0.2) is 6.07 Å². The quantitative estimate of drug-likeness (QED) is 0.898. The van der Waals surface area contributed by atoms with Crippen LogP contribution in [-0.2, 0) is 4.79 Å². The molecule has 2 fully saturated rings. The molecule has 0 radical (unpaired) electrons. The minimum Gasteiger partial charge on any atom is -0.353 e. The number of hydrogen-bond donors (Lipinski definition) is 1. The van der Waals surface area contributed by atoms with Gasteiger partial charge in [-0.15, -0.1) is 0 Å². The Labute approximate surface area is 148 Å². The summed E-state index contributed by atoms with van der Waals surface area (Å²) in [5, 5.41) is 3.11. The fourth-order valence-corrected chi connectivity index (χ4v) is 3.59. The Morgan fingerprint density at radius 1 is 1.08 bits per heavy atom. The highest BCUT2D eigenvalue weighted by atomic mass is 16.2. The third kappa shape index (κ3) is 4.46. The maximum Gasteiger partial charge on any atom is 0.270 e. The van der Waals surface area contributed by atoms with Gasteiger partial charge in [0.2, 0.25) is 5.91 Å². The molecule has 1 saturated carbocycles. The lowest BCUT2D eigenvalue weighted by Gasteiger charge is -2.35. The van der Waals surface area contributed by atoms with Crippen LogP contribution in [0.4, 0.5) is 5.82 Å². The minimum atomic E-state index is -0.110. The van der Waals surface area contributed by atoms with E-state index in [1.807, 2.05) is 11.8 Å². The summed E-state index contributed by atoms with van der Waals surface area (Å²) in [5.74, 6) is 1.36. The molecular weight excluding hydrogens is 318 g/mol. The van der Waals surface area contributed by atoms with Crippen molar-refractivity contribution >= 4 is 17.6 Å². The average molecular weight is 345 g/mol. The third-order valence-electron chi connectivity index (χ3n) is 5.05. The van der Waals surface area contributed by atoms with E-state index in [1.165, 1.54) is 19.3 Å². The molecule has 3 rings (SSSR count). The van der Waals surface area contributed by atoms with Crippen LogP contribution in [0.3, 0.4) is 0 Å². The second-order valence-electron chi connectivity index (χ2n) is 6.96. The molecule has 0 atom stereocenters. The van der Waals surface area contributed by atoms with Crippen LogP contribution in [0.2, 0.25) is 0 Å². The Balaban J connectivity index is 1.68. The van der Waals surface area contributed by atoms with E-state index in [-0.39, 0.29) is 17.9 Å². The number of amides is 2. The lowest BCUT2D eigenvalue weighted by Crippen LogP contribution is -2.48. The van der Waals surface area contributed by atoms with Crippen LogP contribution in [0.25, 0.3) is 0 Å². The number of hydrogen-bond acceptors (Lipinski definition) is 5. The zero-order chi connectivity index (χ0) is 17.8. The van der Waals surface area contributed by atoms with Gasteiger partial charge in [0.15, 0.2) is 0 Å². The number of rotatable bonds is 3. The molecule has 1 saturated heterocycles. The molecular formula is C18H27N5O2. The van der Waals surface area contributed by atoms with Gasteiger partial charge in [0.25, 0.3) is 5.91 Å². The molecule has 136 valence electrons. The largest absolute Gasteiger partial charge is 0.353 e. The van der Waals surface area contributed by atoms with E-state index in [0.717, 1.165) is 31.7 Å². The van der Waals surface area contributed by atoms with Crippen LogP contribution >= 0.6 is 0 Å². The molecule has 2 heterocycles. The topological polar surface area (TPSA) is 78.4 Å². The molecule has 7 heteroatoms. The predicted octanol–water partition coefficient (Wildman–Crippen LogP) is 1.52. The van der Waals surface area contributed by atoms with E-state index in [2.05, 4.69) is 20.2 Å². The molecule has 1 aromatic heterocycles.